The third kappa shape index (κ3) is 2.74. The minimum Gasteiger partial charge on any atom is -0.324 e. The first-order valence-corrected chi connectivity index (χ1v) is 12.0. The molecular formula is C29H29N3O2. The number of fused-ring (bicyclic) bond motifs is 3. The third-order valence-corrected chi connectivity index (χ3v) is 8.13. The minimum absolute atomic E-state index is 0.129. The van der Waals surface area contributed by atoms with Crippen LogP contribution >= 0.6 is 0 Å². The molecule has 3 aliphatic rings. The lowest BCUT2D eigenvalue weighted by atomic mass is 9.56. The van der Waals surface area contributed by atoms with Crippen molar-refractivity contribution < 1.29 is 9.59 Å². The zero-order valence-corrected chi connectivity index (χ0v) is 19.5. The lowest BCUT2D eigenvalue weighted by Gasteiger charge is -2.48. The van der Waals surface area contributed by atoms with Gasteiger partial charge in [0.05, 0.1) is 5.41 Å². The van der Waals surface area contributed by atoms with E-state index in [0.717, 1.165) is 27.9 Å². The highest BCUT2D eigenvalue weighted by molar-refractivity contribution is 6.11. The number of nitrogens with zero attached hydrogens (tertiary/aromatic N) is 1. The van der Waals surface area contributed by atoms with Crippen molar-refractivity contribution in [1.29, 1.82) is 0 Å². The molecule has 4 atom stereocenters. The monoisotopic (exact) mass is 451 g/mol. The van der Waals surface area contributed by atoms with Crippen LogP contribution in [0.15, 0.2) is 78.9 Å². The fraction of sp³-hybridized carbons (Fsp3) is 0.310. The summed E-state index contributed by atoms with van der Waals surface area (Å²) in [5, 5.41) is 6.95. The number of hydrogen-bond donors (Lipinski definition) is 2. The number of likely N-dealkylation sites (tertiary alicyclic amines) is 1. The van der Waals surface area contributed by atoms with E-state index in [1.165, 1.54) is 0 Å². The summed E-state index contributed by atoms with van der Waals surface area (Å²) in [6.07, 6.45) is 0.430. The van der Waals surface area contributed by atoms with Crippen LogP contribution in [0, 0.1) is 12.3 Å². The summed E-state index contributed by atoms with van der Waals surface area (Å²) >= 11 is 0. The van der Waals surface area contributed by atoms with Gasteiger partial charge in [0, 0.05) is 42.7 Å². The van der Waals surface area contributed by atoms with E-state index in [2.05, 4.69) is 52.9 Å². The van der Waals surface area contributed by atoms with Crippen LogP contribution in [0.3, 0.4) is 0 Å². The molecule has 0 aromatic heterocycles. The number of carbonyl (C=O) groups is 2. The minimum atomic E-state index is -1.15. The number of benzene rings is 3. The van der Waals surface area contributed by atoms with Gasteiger partial charge in [-0.15, -0.1) is 0 Å². The molecule has 2 saturated heterocycles. The topological polar surface area (TPSA) is 61.4 Å². The number of carbonyl (C=O) groups excluding carboxylic acids is 2. The molecule has 3 heterocycles. The molecule has 5 nitrogen and oxygen atoms in total. The molecule has 0 bridgehead atoms. The quantitative estimate of drug-likeness (QED) is 0.614. The second-order valence-corrected chi connectivity index (χ2v) is 10.1. The van der Waals surface area contributed by atoms with E-state index in [1.54, 1.807) is 0 Å². The maximum atomic E-state index is 14.3. The van der Waals surface area contributed by atoms with Crippen molar-refractivity contribution in [2.45, 2.75) is 30.8 Å². The molecule has 2 spiro atoms. The van der Waals surface area contributed by atoms with Gasteiger partial charge in [0.1, 0.15) is 11.3 Å². The van der Waals surface area contributed by atoms with Gasteiger partial charge in [0.2, 0.25) is 0 Å². The van der Waals surface area contributed by atoms with Crippen molar-refractivity contribution in [2.24, 2.45) is 5.41 Å². The van der Waals surface area contributed by atoms with Crippen molar-refractivity contribution in [3.05, 3.63) is 101 Å². The molecule has 34 heavy (non-hydrogen) atoms. The number of aryl methyl sites for hydroxylation is 1. The van der Waals surface area contributed by atoms with Gasteiger partial charge >= 0.3 is 0 Å². The fourth-order valence-corrected chi connectivity index (χ4v) is 6.75. The molecule has 0 saturated carbocycles. The molecule has 1 amide bonds. The predicted octanol–water partition coefficient (Wildman–Crippen LogP) is 4.16. The first kappa shape index (κ1) is 21.3. The van der Waals surface area contributed by atoms with Crippen molar-refractivity contribution in [1.82, 2.24) is 10.2 Å². The summed E-state index contributed by atoms with van der Waals surface area (Å²) in [5.74, 6) is -0.172. The highest BCUT2D eigenvalue weighted by atomic mass is 16.2. The smallest absolute Gasteiger partial charge is 0.250 e. The second-order valence-electron chi connectivity index (χ2n) is 10.1. The number of rotatable bonds is 2. The highest BCUT2D eigenvalue weighted by Gasteiger charge is 2.74. The first-order valence-electron chi connectivity index (χ1n) is 12.0. The van der Waals surface area contributed by atoms with E-state index in [9.17, 15) is 9.59 Å². The Balaban J connectivity index is 1.70. The fourth-order valence-electron chi connectivity index (χ4n) is 6.75. The number of anilines is 1. The Morgan fingerprint density at radius 2 is 1.59 bits per heavy atom. The van der Waals surface area contributed by atoms with Crippen molar-refractivity contribution in [3.8, 4) is 0 Å². The summed E-state index contributed by atoms with van der Waals surface area (Å²) in [6, 6.07) is 26.4. The average Bonchev–Trinajstić information content (AvgIpc) is 3.31. The summed E-state index contributed by atoms with van der Waals surface area (Å²) in [7, 11) is 2.06. The van der Waals surface area contributed by atoms with Crippen LogP contribution in [0.1, 0.15) is 40.6 Å². The van der Waals surface area contributed by atoms with Gasteiger partial charge in [0.25, 0.3) is 5.91 Å². The number of amides is 1. The standard InChI is InChI=1S/C29H29N3O2/c1-19-13-14-23-22(17-19)29(27(34)30-23)28(18-32(2)16-15-24(28)33)25(20-9-5-3-6-10-20)26(31-29)21-11-7-4-8-12-21/h3-14,17,25-26,31H,15-16,18H2,1-2H3,(H,30,34). The Morgan fingerprint density at radius 3 is 2.29 bits per heavy atom. The number of hydrogen-bond acceptors (Lipinski definition) is 4. The SMILES string of the molecule is Cc1ccc2c(c1)C1(NC(c3ccccc3)C(c3ccccc3)C13CN(C)CCC3=O)C(=O)N2. The molecule has 6 rings (SSSR count). The van der Waals surface area contributed by atoms with Gasteiger partial charge in [-0.25, -0.2) is 0 Å². The molecule has 3 aromatic rings. The van der Waals surface area contributed by atoms with Crippen LogP contribution in [0.5, 0.6) is 0 Å². The van der Waals surface area contributed by atoms with Gasteiger partial charge < -0.3 is 10.2 Å². The molecule has 4 unspecified atom stereocenters. The molecule has 3 aliphatic heterocycles. The Hall–Kier alpha value is -3.28. The Labute approximate surface area is 200 Å². The van der Waals surface area contributed by atoms with E-state index in [-0.39, 0.29) is 23.7 Å². The van der Waals surface area contributed by atoms with Crippen LogP contribution in [0.2, 0.25) is 0 Å². The van der Waals surface area contributed by atoms with Crippen LogP contribution in [-0.4, -0.2) is 36.7 Å². The molecule has 0 aliphatic carbocycles. The molecule has 2 fully saturated rings. The largest absolute Gasteiger partial charge is 0.324 e. The summed E-state index contributed by atoms with van der Waals surface area (Å²) < 4.78 is 0. The number of ketones is 1. The lowest BCUT2D eigenvalue weighted by Crippen LogP contribution is -2.64. The summed E-state index contributed by atoms with van der Waals surface area (Å²) in [4.78, 5) is 30.6. The molecule has 0 radical (unpaired) electrons. The zero-order valence-electron chi connectivity index (χ0n) is 19.5. The Bertz CT molecular complexity index is 1280. The number of piperidine rings is 1. The molecule has 3 aromatic carbocycles. The first-order chi connectivity index (χ1) is 16.5. The Morgan fingerprint density at radius 1 is 0.912 bits per heavy atom. The average molecular weight is 452 g/mol. The van der Waals surface area contributed by atoms with Crippen LogP contribution < -0.4 is 10.6 Å². The molecule has 172 valence electrons. The van der Waals surface area contributed by atoms with Crippen LogP contribution in [-0.2, 0) is 15.1 Å². The highest BCUT2D eigenvalue weighted by Crippen LogP contribution is 2.65. The van der Waals surface area contributed by atoms with Crippen molar-refractivity contribution in [2.75, 3.05) is 25.5 Å². The number of nitrogens with one attached hydrogen (secondary N) is 2. The predicted molar refractivity (Wildman–Crippen MR) is 133 cm³/mol. The van der Waals surface area contributed by atoms with Crippen molar-refractivity contribution in [3.63, 3.8) is 0 Å². The molecular weight excluding hydrogens is 422 g/mol. The number of Topliss-reactive ketones (excluding diaryl/α,β-unsaturated/α-hetero) is 1. The third-order valence-electron chi connectivity index (χ3n) is 8.13. The van der Waals surface area contributed by atoms with E-state index >= 15 is 0 Å². The van der Waals surface area contributed by atoms with E-state index < -0.39 is 11.0 Å². The normalized spacial score (nSPS) is 30.6. The van der Waals surface area contributed by atoms with Crippen LogP contribution in [0.4, 0.5) is 5.69 Å². The van der Waals surface area contributed by atoms with Crippen LogP contribution in [0.25, 0.3) is 0 Å². The maximum Gasteiger partial charge on any atom is 0.250 e. The van der Waals surface area contributed by atoms with Gasteiger partial charge in [-0.05, 0) is 31.2 Å². The Kier molecular flexibility index (Phi) is 4.77. The second kappa shape index (κ2) is 7.62. The van der Waals surface area contributed by atoms with E-state index in [1.807, 2.05) is 55.5 Å². The van der Waals surface area contributed by atoms with Gasteiger partial charge in [-0.2, -0.15) is 0 Å². The molecule has 2 N–H and O–H groups in total. The lowest BCUT2D eigenvalue weighted by molar-refractivity contribution is -0.145. The van der Waals surface area contributed by atoms with Gasteiger partial charge in [-0.3, -0.25) is 14.9 Å². The van der Waals surface area contributed by atoms with E-state index in [4.69, 9.17) is 0 Å². The van der Waals surface area contributed by atoms with Crippen molar-refractivity contribution >= 4 is 17.4 Å². The summed E-state index contributed by atoms with van der Waals surface area (Å²) in [5.41, 5.74) is 2.82. The molecule has 5 heteroatoms. The van der Waals surface area contributed by atoms with Gasteiger partial charge in [-0.1, -0.05) is 78.4 Å². The zero-order chi connectivity index (χ0) is 23.5. The summed E-state index contributed by atoms with van der Waals surface area (Å²) in [6.45, 7) is 3.26. The maximum absolute atomic E-state index is 14.3. The van der Waals surface area contributed by atoms with E-state index in [0.29, 0.717) is 19.5 Å². The van der Waals surface area contributed by atoms with Gasteiger partial charge in [0.15, 0.2) is 0 Å².